The number of H-pyrrole nitrogens is 1. The number of nitriles is 1. The summed E-state index contributed by atoms with van der Waals surface area (Å²) in [5.41, 5.74) is 11.0. The van der Waals surface area contributed by atoms with Crippen LogP contribution < -0.4 is 20.1 Å². The van der Waals surface area contributed by atoms with Crippen LogP contribution in [0.25, 0.3) is 11.3 Å². The zero-order valence-electron chi connectivity index (χ0n) is 17.8. The van der Waals surface area contributed by atoms with Crippen LogP contribution in [0.4, 0.5) is 5.69 Å². The summed E-state index contributed by atoms with van der Waals surface area (Å²) >= 11 is 0. The molecule has 4 rings (SSSR count). The van der Waals surface area contributed by atoms with E-state index in [2.05, 4.69) is 23.2 Å². The topological polar surface area (TPSA) is 100 Å². The molecule has 0 radical (unpaired) electrons. The maximum absolute atomic E-state index is 9.86. The monoisotopic (exact) mass is 415 g/mol. The smallest absolute Gasteiger partial charge is 0.244 e. The lowest BCUT2D eigenvalue weighted by atomic mass is 9.83. The largest absolute Gasteiger partial charge is 0.494 e. The second kappa shape index (κ2) is 8.44. The molecule has 0 saturated heterocycles. The van der Waals surface area contributed by atoms with Crippen molar-refractivity contribution in [2.75, 3.05) is 25.6 Å². The molecule has 0 aliphatic carbocycles. The number of hydrogen-bond donors (Lipinski definition) is 2. The highest BCUT2D eigenvalue weighted by molar-refractivity contribution is 5.71. The van der Waals surface area contributed by atoms with Gasteiger partial charge in [0, 0.05) is 25.3 Å². The Morgan fingerprint density at radius 3 is 2.48 bits per heavy atom. The fourth-order valence-corrected chi connectivity index (χ4v) is 3.70. The van der Waals surface area contributed by atoms with Gasteiger partial charge < -0.3 is 20.1 Å². The molecular weight excluding hydrogens is 390 g/mol. The van der Waals surface area contributed by atoms with Crippen LogP contribution in [0.15, 0.2) is 60.0 Å². The van der Waals surface area contributed by atoms with Crippen LogP contribution in [0, 0.1) is 11.3 Å². The van der Waals surface area contributed by atoms with Crippen molar-refractivity contribution in [1.29, 1.82) is 5.26 Å². The molecule has 1 atom stereocenters. The van der Waals surface area contributed by atoms with Gasteiger partial charge in [-0.15, -0.1) is 5.10 Å². The molecule has 2 aromatic carbocycles. The predicted octanol–water partition coefficient (Wildman–Crippen LogP) is 4.15. The second-order valence-corrected chi connectivity index (χ2v) is 7.60. The van der Waals surface area contributed by atoms with E-state index in [4.69, 9.17) is 15.2 Å². The van der Waals surface area contributed by atoms with Crippen LogP contribution in [0.1, 0.15) is 30.4 Å². The molecule has 0 fully saturated rings. The van der Waals surface area contributed by atoms with Crippen molar-refractivity contribution in [2.24, 2.45) is 5.73 Å². The highest BCUT2D eigenvalue weighted by Gasteiger charge is 2.35. The summed E-state index contributed by atoms with van der Waals surface area (Å²) in [6.07, 6.45) is 0.951. The average Bonchev–Trinajstić information content (AvgIpc) is 3.20. The van der Waals surface area contributed by atoms with Gasteiger partial charge in [-0.05, 0) is 48.4 Å². The van der Waals surface area contributed by atoms with E-state index < -0.39 is 0 Å². The number of benzene rings is 2. The molecule has 0 amide bonds. The van der Waals surface area contributed by atoms with Crippen molar-refractivity contribution in [2.45, 2.75) is 19.3 Å². The highest BCUT2D eigenvalue weighted by atomic mass is 16.5. The fourth-order valence-electron chi connectivity index (χ4n) is 3.70. The molecule has 0 bridgehead atoms. The van der Waals surface area contributed by atoms with Gasteiger partial charge >= 0.3 is 0 Å². The zero-order chi connectivity index (χ0) is 22.0. The van der Waals surface area contributed by atoms with Crippen molar-refractivity contribution >= 4 is 5.69 Å². The first kappa shape index (κ1) is 20.4. The van der Waals surface area contributed by atoms with Crippen molar-refractivity contribution in [3.63, 3.8) is 0 Å². The van der Waals surface area contributed by atoms with Gasteiger partial charge in [0.05, 0.1) is 23.8 Å². The van der Waals surface area contributed by atoms with Crippen molar-refractivity contribution in [3.8, 4) is 29.0 Å². The van der Waals surface area contributed by atoms with Crippen LogP contribution in [-0.4, -0.2) is 30.9 Å². The lowest BCUT2D eigenvalue weighted by Gasteiger charge is -2.24. The molecule has 7 nitrogen and oxygen atoms in total. The number of nitrogens with zero attached hydrogens (tertiary/aromatic N) is 3. The van der Waals surface area contributed by atoms with Gasteiger partial charge in [-0.1, -0.05) is 19.1 Å². The first-order valence-corrected chi connectivity index (χ1v) is 10.2. The van der Waals surface area contributed by atoms with E-state index in [1.807, 2.05) is 67.5 Å². The molecule has 2 heterocycles. The third-order valence-electron chi connectivity index (χ3n) is 5.30. The van der Waals surface area contributed by atoms with Gasteiger partial charge in [0.2, 0.25) is 11.8 Å². The summed E-state index contributed by atoms with van der Waals surface area (Å²) in [5.74, 6) is 0.903. The molecule has 7 heteroatoms. The summed E-state index contributed by atoms with van der Waals surface area (Å²) in [6, 6.07) is 18.1. The van der Waals surface area contributed by atoms with Crippen LogP contribution in [0.5, 0.6) is 11.6 Å². The number of aromatic amines is 1. The number of ether oxygens (including phenoxy) is 2. The highest BCUT2D eigenvalue weighted by Crippen LogP contribution is 2.45. The van der Waals surface area contributed by atoms with Crippen LogP contribution in [-0.2, 0) is 0 Å². The lowest BCUT2D eigenvalue weighted by Crippen LogP contribution is -2.21. The second-order valence-electron chi connectivity index (χ2n) is 7.60. The Bertz CT molecular complexity index is 1140. The number of nitrogens with two attached hydrogens (primary N) is 1. The third-order valence-corrected chi connectivity index (χ3v) is 5.30. The summed E-state index contributed by atoms with van der Waals surface area (Å²) in [7, 11) is 3.98. The summed E-state index contributed by atoms with van der Waals surface area (Å²) in [5, 5.41) is 17.3. The van der Waals surface area contributed by atoms with E-state index in [-0.39, 0.29) is 11.8 Å². The number of fused-ring (bicyclic) bond motifs is 1. The summed E-state index contributed by atoms with van der Waals surface area (Å²) < 4.78 is 11.4. The summed E-state index contributed by atoms with van der Waals surface area (Å²) in [6.45, 7) is 2.75. The number of aromatic nitrogens is 2. The molecule has 0 saturated carbocycles. The average molecular weight is 415 g/mol. The molecule has 0 spiro atoms. The Labute approximate surface area is 181 Å². The molecule has 1 aromatic heterocycles. The molecule has 1 aliphatic heterocycles. The number of anilines is 1. The van der Waals surface area contributed by atoms with Gasteiger partial charge in [0.25, 0.3) is 0 Å². The van der Waals surface area contributed by atoms with E-state index in [1.54, 1.807) is 0 Å². The zero-order valence-corrected chi connectivity index (χ0v) is 17.8. The number of rotatable bonds is 6. The minimum atomic E-state index is -0.380. The predicted molar refractivity (Wildman–Crippen MR) is 120 cm³/mol. The SMILES string of the molecule is CCCOc1ccc(-c2[nH]nc3c2C(c2ccc(N(C)C)cc2)C(C#N)=C(N)O3)cc1. The van der Waals surface area contributed by atoms with Crippen LogP contribution in [0.2, 0.25) is 0 Å². The molecule has 158 valence electrons. The Morgan fingerprint density at radius 1 is 1.16 bits per heavy atom. The molecule has 31 heavy (non-hydrogen) atoms. The standard InChI is InChI=1S/C24H25N5O2/c1-4-13-30-18-11-7-16(8-12-18)22-21-20(15-5-9-17(10-6-15)29(2)3)19(14-25)23(26)31-24(21)28-27-22/h5-12,20H,4,13,26H2,1-3H3,(H,27,28). The molecule has 3 N–H and O–H groups in total. The number of nitrogens with one attached hydrogen (secondary N) is 1. The fraction of sp³-hybridized carbons (Fsp3) is 0.250. The van der Waals surface area contributed by atoms with Gasteiger partial charge in [-0.3, -0.25) is 5.10 Å². The minimum Gasteiger partial charge on any atom is -0.494 e. The van der Waals surface area contributed by atoms with Crippen molar-refractivity contribution in [3.05, 3.63) is 71.1 Å². The first-order valence-electron chi connectivity index (χ1n) is 10.2. The Hall–Kier alpha value is -3.92. The molecule has 1 aliphatic rings. The number of hydrogen-bond acceptors (Lipinski definition) is 6. The van der Waals surface area contributed by atoms with E-state index in [9.17, 15) is 5.26 Å². The summed E-state index contributed by atoms with van der Waals surface area (Å²) in [4.78, 5) is 2.03. The Morgan fingerprint density at radius 2 is 1.87 bits per heavy atom. The molecule has 3 aromatic rings. The van der Waals surface area contributed by atoms with Crippen LogP contribution in [0.3, 0.4) is 0 Å². The minimum absolute atomic E-state index is 0.0815. The normalized spacial score (nSPS) is 15.1. The molecule has 1 unspecified atom stereocenters. The van der Waals surface area contributed by atoms with Crippen LogP contribution >= 0.6 is 0 Å². The van der Waals surface area contributed by atoms with Gasteiger partial charge in [-0.2, -0.15) is 5.26 Å². The first-order chi connectivity index (χ1) is 15.0. The Kier molecular flexibility index (Phi) is 5.54. The maximum Gasteiger partial charge on any atom is 0.244 e. The van der Waals surface area contributed by atoms with E-state index in [0.717, 1.165) is 40.2 Å². The van der Waals surface area contributed by atoms with Crippen molar-refractivity contribution in [1.82, 2.24) is 10.2 Å². The van der Waals surface area contributed by atoms with E-state index in [0.29, 0.717) is 18.1 Å². The van der Waals surface area contributed by atoms with Gasteiger partial charge in [-0.25, -0.2) is 0 Å². The van der Waals surface area contributed by atoms with Crippen molar-refractivity contribution < 1.29 is 9.47 Å². The maximum atomic E-state index is 9.86. The van der Waals surface area contributed by atoms with Gasteiger partial charge in [0.1, 0.15) is 17.4 Å². The third kappa shape index (κ3) is 3.80. The quantitative estimate of drug-likeness (QED) is 0.627. The number of allylic oxidation sites excluding steroid dienone is 1. The van der Waals surface area contributed by atoms with E-state index in [1.165, 1.54) is 0 Å². The Balaban J connectivity index is 1.79. The lowest BCUT2D eigenvalue weighted by molar-refractivity contribution is 0.317. The van der Waals surface area contributed by atoms with E-state index >= 15 is 0 Å². The van der Waals surface area contributed by atoms with Gasteiger partial charge in [0.15, 0.2) is 0 Å². The molecular formula is C24H25N5O2.